The Kier molecular flexibility index (Phi) is 3.11. The third kappa shape index (κ3) is 2.29. The van der Waals surface area contributed by atoms with Crippen molar-refractivity contribution in [3.8, 4) is 11.3 Å². The molecule has 0 bridgehead atoms. The molecule has 0 aliphatic heterocycles. The Morgan fingerprint density at radius 3 is 2.47 bits per heavy atom. The lowest BCUT2D eigenvalue weighted by atomic mass is 10.1. The van der Waals surface area contributed by atoms with Crippen LogP contribution in [0.4, 0.5) is 0 Å². The molecule has 5 heteroatoms. The van der Waals surface area contributed by atoms with E-state index in [1.807, 2.05) is 30.3 Å². The predicted molar refractivity (Wildman–Crippen MR) is 63.7 cm³/mol. The van der Waals surface area contributed by atoms with Crippen molar-refractivity contribution in [1.29, 1.82) is 0 Å². The van der Waals surface area contributed by atoms with E-state index in [0.717, 1.165) is 10.6 Å². The first-order valence-corrected chi connectivity index (χ1v) is 5.09. The monoisotopic (exact) mass is 228 g/mol. The van der Waals surface area contributed by atoms with Crippen LogP contribution in [0.3, 0.4) is 0 Å². The Labute approximate surface area is 98.9 Å². The number of benzene rings is 1. The fourth-order valence-electron chi connectivity index (χ4n) is 1.47. The highest BCUT2D eigenvalue weighted by Crippen LogP contribution is 2.19. The molecule has 0 aliphatic rings. The van der Waals surface area contributed by atoms with E-state index in [2.05, 4.69) is 9.97 Å². The summed E-state index contributed by atoms with van der Waals surface area (Å²) in [6, 6.07) is 9.40. The van der Waals surface area contributed by atoms with Crippen LogP contribution in [0.15, 0.2) is 42.7 Å². The van der Waals surface area contributed by atoms with E-state index >= 15 is 0 Å². The first kappa shape index (κ1) is 11.2. The highest BCUT2D eigenvalue weighted by Gasteiger charge is 2.17. The molecule has 1 heterocycles. The van der Waals surface area contributed by atoms with Crippen molar-refractivity contribution in [3.05, 3.63) is 48.4 Å². The van der Waals surface area contributed by atoms with Gasteiger partial charge in [0.2, 0.25) is 0 Å². The van der Waals surface area contributed by atoms with Crippen LogP contribution in [0, 0.1) is 0 Å². The Balaban J connectivity index is 2.52. The van der Waals surface area contributed by atoms with Crippen molar-refractivity contribution in [2.75, 3.05) is 7.05 Å². The number of carbonyl (C=O) groups is 1. The normalized spacial score (nSPS) is 10.0. The van der Waals surface area contributed by atoms with Crippen LogP contribution in [-0.4, -0.2) is 27.9 Å². The number of amides is 1. The van der Waals surface area contributed by atoms with Crippen molar-refractivity contribution in [1.82, 2.24) is 15.0 Å². The number of hydrogen-bond donors (Lipinski definition) is 1. The van der Waals surface area contributed by atoms with Gasteiger partial charge in [-0.15, -0.1) is 0 Å². The zero-order chi connectivity index (χ0) is 12.3. The molecular weight excluding hydrogens is 216 g/mol. The Morgan fingerprint density at radius 2 is 1.82 bits per heavy atom. The van der Waals surface area contributed by atoms with Gasteiger partial charge in [0.15, 0.2) is 5.69 Å². The molecule has 0 atom stereocenters. The molecule has 2 aromatic rings. The number of nitrogens with two attached hydrogens (primary N) is 1. The third-order valence-electron chi connectivity index (χ3n) is 2.27. The van der Waals surface area contributed by atoms with Crippen molar-refractivity contribution in [3.63, 3.8) is 0 Å². The van der Waals surface area contributed by atoms with Crippen LogP contribution in [0.2, 0.25) is 0 Å². The maximum atomic E-state index is 11.8. The molecule has 0 saturated heterocycles. The molecule has 17 heavy (non-hydrogen) atoms. The van der Waals surface area contributed by atoms with Crippen LogP contribution >= 0.6 is 0 Å². The van der Waals surface area contributed by atoms with Crippen molar-refractivity contribution >= 4 is 5.91 Å². The fourth-order valence-corrected chi connectivity index (χ4v) is 1.47. The first-order valence-electron chi connectivity index (χ1n) is 5.09. The van der Waals surface area contributed by atoms with Crippen LogP contribution < -0.4 is 5.84 Å². The molecule has 0 spiro atoms. The summed E-state index contributed by atoms with van der Waals surface area (Å²) in [7, 11) is 1.48. The highest BCUT2D eigenvalue weighted by molar-refractivity contribution is 5.97. The summed E-state index contributed by atoms with van der Waals surface area (Å²) in [6.07, 6.45) is 3.03. The molecule has 0 fully saturated rings. The van der Waals surface area contributed by atoms with Crippen LogP contribution in [-0.2, 0) is 0 Å². The van der Waals surface area contributed by atoms with Gasteiger partial charge in [0.1, 0.15) is 5.69 Å². The second-order valence-electron chi connectivity index (χ2n) is 3.54. The van der Waals surface area contributed by atoms with E-state index in [1.165, 1.54) is 13.2 Å². The number of hydrazine groups is 1. The molecule has 5 nitrogen and oxygen atoms in total. The van der Waals surface area contributed by atoms with Gasteiger partial charge >= 0.3 is 0 Å². The molecule has 0 aliphatic carbocycles. The summed E-state index contributed by atoms with van der Waals surface area (Å²) in [5, 5.41) is 0.996. The zero-order valence-corrected chi connectivity index (χ0v) is 9.37. The SMILES string of the molecule is CN(N)C(=O)c1nccnc1-c1ccccc1. The molecule has 2 rings (SSSR count). The molecule has 0 saturated carbocycles. The van der Waals surface area contributed by atoms with E-state index < -0.39 is 0 Å². The topological polar surface area (TPSA) is 72.1 Å². The molecule has 0 unspecified atom stereocenters. The summed E-state index contributed by atoms with van der Waals surface area (Å²) < 4.78 is 0. The van der Waals surface area contributed by atoms with E-state index in [-0.39, 0.29) is 11.6 Å². The maximum Gasteiger partial charge on any atom is 0.288 e. The molecule has 86 valence electrons. The number of carbonyl (C=O) groups excluding carboxylic acids is 1. The largest absolute Gasteiger partial charge is 0.288 e. The molecule has 1 aromatic carbocycles. The second kappa shape index (κ2) is 4.71. The number of aromatic nitrogens is 2. The maximum absolute atomic E-state index is 11.8. The first-order chi connectivity index (χ1) is 8.20. The molecule has 1 aromatic heterocycles. The van der Waals surface area contributed by atoms with Gasteiger partial charge in [0.25, 0.3) is 5.91 Å². The lowest BCUT2D eigenvalue weighted by Crippen LogP contribution is -2.34. The predicted octanol–water partition coefficient (Wildman–Crippen LogP) is 1.09. The molecule has 1 amide bonds. The van der Waals surface area contributed by atoms with E-state index in [0.29, 0.717) is 5.69 Å². The minimum Gasteiger partial charge on any atom is -0.278 e. The van der Waals surface area contributed by atoms with Crippen LogP contribution in [0.25, 0.3) is 11.3 Å². The lowest BCUT2D eigenvalue weighted by Gasteiger charge is -2.11. The van der Waals surface area contributed by atoms with Gasteiger partial charge < -0.3 is 0 Å². The summed E-state index contributed by atoms with van der Waals surface area (Å²) in [5.74, 6) is 5.07. The van der Waals surface area contributed by atoms with E-state index in [4.69, 9.17) is 5.84 Å². The second-order valence-corrected chi connectivity index (χ2v) is 3.54. The summed E-state index contributed by atoms with van der Waals surface area (Å²) in [4.78, 5) is 20.1. The average Bonchev–Trinajstić information content (AvgIpc) is 2.39. The Hall–Kier alpha value is -2.27. The van der Waals surface area contributed by atoms with E-state index in [1.54, 1.807) is 6.20 Å². The van der Waals surface area contributed by atoms with Gasteiger partial charge in [-0.2, -0.15) is 0 Å². The van der Waals surface area contributed by atoms with E-state index in [9.17, 15) is 4.79 Å². The Bertz CT molecular complexity index is 525. The zero-order valence-electron chi connectivity index (χ0n) is 9.37. The van der Waals surface area contributed by atoms with Crippen LogP contribution in [0.5, 0.6) is 0 Å². The summed E-state index contributed by atoms with van der Waals surface area (Å²) >= 11 is 0. The lowest BCUT2D eigenvalue weighted by molar-refractivity contribution is 0.0790. The minimum atomic E-state index is -0.364. The van der Waals surface area contributed by atoms with Gasteiger partial charge in [0, 0.05) is 25.0 Å². The number of hydrogen-bond acceptors (Lipinski definition) is 4. The minimum absolute atomic E-state index is 0.253. The smallest absolute Gasteiger partial charge is 0.278 e. The molecule has 2 N–H and O–H groups in total. The van der Waals surface area contributed by atoms with Gasteiger partial charge in [-0.3, -0.25) is 14.8 Å². The summed E-state index contributed by atoms with van der Waals surface area (Å²) in [6.45, 7) is 0. The summed E-state index contributed by atoms with van der Waals surface area (Å²) in [5.41, 5.74) is 1.63. The molecule has 0 radical (unpaired) electrons. The van der Waals surface area contributed by atoms with Crippen molar-refractivity contribution < 1.29 is 4.79 Å². The number of rotatable bonds is 2. The quantitative estimate of drug-likeness (QED) is 0.474. The van der Waals surface area contributed by atoms with Crippen molar-refractivity contribution in [2.24, 2.45) is 5.84 Å². The Morgan fingerprint density at radius 1 is 1.18 bits per heavy atom. The fraction of sp³-hybridized carbons (Fsp3) is 0.0833. The highest BCUT2D eigenvalue weighted by atomic mass is 16.2. The van der Waals surface area contributed by atoms with Crippen molar-refractivity contribution in [2.45, 2.75) is 0 Å². The van der Waals surface area contributed by atoms with Gasteiger partial charge in [-0.05, 0) is 0 Å². The van der Waals surface area contributed by atoms with Gasteiger partial charge in [0.05, 0.1) is 0 Å². The average molecular weight is 228 g/mol. The van der Waals surface area contributed by atoms with Gasteiger partial charge in [-0.25, -0.2) is 10.8 Å². The standard InChI is InChI=1S/C12H12N4O/c1-16(13)12(17)11-10(14-7-8-15-11)9-5-3-2-4-6-9/h2-8H,13H2,1H3. The van der Waals surface area contributed by atoms with Gasteiger partial charge in [-0.1, -0.05) is 30.3 Å². The third-order valence-corrected chi connectivity index (χ3v) is 2.27. The number of nitrogens with zero attached hydrogens (tertiary/aromatic N) is 3. The van der Waals surface area contributed by atoms with Crippen LogP contribution in [0.1, 0.15) is 10.5 Å². The molecular formula is C12H12N4O.